The van der Waals surface area contributed by atoms with Gasteiger partial charge in [0.05, 0.1) is 6.54 Å². The lowest BCUT2D eigenvalue weighted by molar-refractivity contribution is -0.133. The maximum Gasteiger partial charge on any atom is 0.269 e. The number of aliphatic imine (C=N–C) groups is 1. The molecule has 3 rings (SSSR count). The Bertz CT molecular complexity index is 767. The van der Waals surface area contributed by atoms with Crippen LogP contribution in [0.5, 0.6) is 5.75 Å². The third kappa shape index (κ3) is 4.39. The lowest BCUT2D eigenvalue weighted by Crippen LogP contribution is -2.41. The highest BCUT2D eigenvalue weighted by atomic mass is 32.2. The molecule has 1 amide bonds. The third-order valence-corrected chi connectivity index (χ3v) is 4.85. The first-order chi connectivity index (χ1) is 12.1. The molecule has 0 aromatic heterocycles. The van der Waals surface area contributed by atoms with Gasteiger partial charge in [0.15, 0.2) is 11.3 Å². The highest BCUT2D eigenvalue weighted by molar-refractivity contribution is 8.13. The molecule has 130 valence electrons. The van der Waals surface area contributed by atoms with E-state index in [0.29, 0.717) is 35.3 Å². The molecule has 0 radical (unpaired) electrons. The van der Waals surface area contributed by atoms with Crippen LogP contribution < -0.4 is 4.74 Å². The zero-order chi connectivity index (χ0) is 17.6. The van der Waals surface area contributed by atoms with Crippen molar-refractivity contribution in [2.24, 2.45) is 4.99 Å². The Balaban J connectivity index is 1.60. The second-order valence-corrected chi connectivity index (χ2v) is 6.55. The third-order valence-electron chi connectivity index (χ3n) is 3.79. The Morgan fingerprint density at radius 2 is 1.96 bits per heavy atom. The number of carbonyl (C=O) groups is 1. The molecule has 0 spiro atoms. The lowest BCUT2D eigenvalue weighted by Gasteiger charge is -2.22. The number of amides is 1. The molecule has 25 heavy (non-hydrogen) atoms. The second kappa shape index (κ2) is 8.16. The average Bonchev–Trinajstić information content (AvgIpc) is 3.09. The molecule has 0 aliphatic carbocycles. The number of thioether (sulfide) groups is 1. The van der Waals surface area contributed by atoms with E-state index in [0.717, 1.165) is 0 Å². The van der Waals surface area contributed by atoms with Crippen LogP contribution in [-0.4, -0.2) is 35.2 Å². The summed E-state index contributed by atoms with van der Waals surface area (Å²) in [6.07, 6.45) is -0.611. The molecule has 1 aliphatic rings. The van der Waals surface area contributed by atoms with E-state index in [2.05, 4.69) is 4.99 Å². The molecule has 0 N–H and O–H groups in total. The van der Waals surface area contributed by atoms with Crippen LogP contribution in [0.3, 0.4) is 0 Å². The molecule has 0 saturated carbocycles. The van der Waals surface area contributed by atoms with Gasteiger partial charge in [-0.15, -0.1) is 0 Å². The minimum absolute atomic E-state index is 0.138. The Hall–Kier alpha value is -2.34. The number of halogens is 1. The topological polar surface area (TPSA) is 41.9 Å². The summed E-state index contributed by atoms with van der Waals surface area (Å²) in [5.41, 5.74) is 0.600. The van der Waals surface area contributed by atoms with Gasteiger partial charge in [0.25, 0.3) is 5.91 Å². The summed E-state index contributed by atoms with van der Waals surface area (Å²) < 4.78 is 19.4. The van der Waals surface area contributed by atoms with Crippen LogP contribution in [0.15, 0.2) is 59.6 Å². The molecule has 0 bridgehead atoms. The Morgan fingerprint density at radius 3 is 2.72 bits per heavy atom. The van der Waals surface area contributed by atoms with Crippen molar-refractivity contribution >= 4 is 22.8 Å². The zero-order valence-corrected chi connectivity index (χ0v) is 14.7. The molecule has 1 aliphatic heterocycles. The Kier molecular flexibility index (Phi) is 5.71. The van der Waals surface area contributed by atoms with E-state index in [-0.39, 0.29) is 11.7 Å². The number of hydrogen-bond donors (Lipinski definition) is 0. The zero-order valence-electron chi connectivity index (χ0n) is 13.9. The summed E-state index contributed by atoms with van der Waals surface area (Å²) in [6.45, 7) is 2.82. The number of amidine groups is 1. The number of hydrogen-bond acceptors (Lipinski definition) is 4. The standard InChI is InChI=1S/C19H19FN2O2S/c1-14(24-16-8-3-2-4-9-16)18(23)22-12-11-21-19(22)25-13-15-7-5-6-10-17(15)20/h2-10,14H,11-13H2,1H3/t14-/m0/s1. The first-order valence-electron chi connectivity index (χ1n) is 8.09. The predicted octanol–water partition coefficient (Wildman–Crippen LogP) is 3.72. The van der Waals surface area contributed by atoms with Crippen molar-refractivity contribution in [3.63, 3.8) is 0 Å². The highest BCUT2D eigenvalue weighted by Crippen LogP contribution is 2.22. The number of nitrogens with zero attached hydrogens (tertiary/aromatic N) is 2. The quantitative estimate of drug-likeness (QED) is 0.818. The van der Waals surface area contributed by atoms with Crippen molar-refractivity contribution in [3.8, 4) is 5.75 Å². The smallest absolute Gasteiger partial charge is 0.269 e. The Labute approximate surface area is 150 Å². The molecule has 0 unspecified atom stereocenters. The summed E-state index contributed by atoms with van der Waals surface area (Å²) in [7, 11) is 0. The van der Waals surface area contributed by atoms with Gasteiger partial charge >= 0.3 is 0 Å². The van der Waals surface area contributed by atoms with Crippen LogP contribution in [0.1, 0.15) is 12.5 Å². The van der Waals surface area contributed by atoms with Gasteiger partial charge in [0.2, 0.25) is 0 Å². The minimum Gasteiger partial charge on any atom is -0.481 e. The first kappa shape index (κ1) is 17.5. The first-order valence-corrected chi connectivity index (χ1v) is 9.07. The monoisotopic (exact) mass is 358 g/mol. The van der Waals surface area contributed by atoms with Crippen molar-refractivity contribution < 1.29 is 13.9 Å². The van der Waals surface area contributed by atoms with Crippen molar-refractivity contribution in [1.82, 2.24) is 4.90 Å². The van der Waals surface area contributed by atoms with Gasteiger partial charge in [-0.25, -0.2) is 4.39 Å². The van der Waals surface area contributed by atoms with Gasteiger partial charge < -0.3 is 4.74 Å². The molecular weight excluding hydrogens is 339 g/mol. The fourth-order valence-electron chi connectivity index (χ4n) is 2.49. The van der Waals surface area contributed by atoms with E-state index in [1.54, 1.807) is 30.0 Å². The molecule has 2 aromatic rings. The van der Waals surface area contributed by atoms with Crippen molar-refractivity contribution in [3.05, 3.63) is 66.0 Å². The largest absolute Gasteiger partial charge is 0.481 e. The number of ether oxygens (including phenoxy) is 1. The van der Waals surface area contributed by atoms with Crippen LogP contribution in [0.25, 0.3) is 0 Å². The van der Waals surface area contributed by atoms with Gasteiger partial charge in [0.1, 0.15) is 11.6 Å². The van der Waals surface area contributed by atoms with Crippen molar-refractivity contribution in [2.45, 2.75) is 18.8 Å². The van der Waals surface area contributed by atoms with Crippen molar-refractivity contribution in [2.75, 3.05) is 13.1 Å². The number of para-hydroxylation sites is 1. The predicted molar refractivity (Wildman–Crippen MR) is 98.2 cm³/mol. The van der Waals surface area contributed by atoms with Gasteiger partial charge in [-0.05, 0) is 30.7 Å². The molecule has 2 aromatic carbocycles. The van der Waals surface area contributed by atoms with E-state index in [1.165, 1.54) is 17.8 Å². The van der Waals surface area contributed by atoms with E-state index in [9.17, 15) is 9.18 Å². The van der Waals surface area contributed by atoms with E-state index in [1.807, 2.05) is 30.3 Å². The van der Waals surface area contributed by atoms with Gasteiger partial charge in [0, 0.05) is 12.3 Å². The van der Waals surface area contributed by atoms with Gasteiger partial charge in [-0.3, -0.25) is 14.7 Å². The van der Waals surface area contributed by atoms with Crippen LogP contribution in [-0.2, 0) is 10.5 Å². The number of benzene rings is 2. The summed E-state index contributed by atoms with van der Waals surface area (Å²) in [5.74, 6) is 0.705. The average molecular weight is 358 g/mol. The molecule has 6 heteroatoms. The molecule has 4 nitrogen and oxygen atoms in total. The van der Waals surface area contributed by atoms with E-state index in [4.69, 9.17) is 4.74 Å². The van der Waals surface area contributed by atoms with E-state index < -0.39 is 6.10 Å². The summed E-state index contributed by atoms with van der Waals surface area (Å²) in [6, 6.07) is 15.9. The maximum atomic E-state index is 13.7. The normalized spacial score (nSPS) is 15.0. The van der Waals surface area contributed by atoms with Crippen molar-refractivity contribution in [1.29, 1.82) is 0 Å². The molecule has 0 saturated heterocycles. The molecule has 1 atom stereocenters. The fraction of sp³-hybridized carbons (Fsp3) is 0.263. The van der Waals surface area contributed by atoms with Gasteiger partial charge in [-0.2, -0.15) is 0 Å². The molecule has 0 fully saturated rings. The van der Waals surface area contributed by atoms with Crippen LogP contribution >= 0.6 is 11.8 Å². The summed E-state index contributed by atoms with van der Waals surface area (Å²) in [5, 5.41) is 0.622. The summed E-state index contributed by atoms with van der Waals surface area (Å²) >= 11 is 1.37. The van der Waals surface area contributed by atoms with Crippen LogP contribution in [0.2, 0.25) is 0 Å². The Morgan fingerprint density at radius 1 is 1.24 bits per heavy atom. The number of carbonyl (C=O) groups excluding carboxylic acids is 1. The van der Waals surface area contributed by atoms with Crippen LogP contribution in [0.4, 0.5) is 4.39 Å². The van der Waals surface area contributed by atoms with Crippen LogP contribution in [0, 0.1) is 5.82 Å². The molecular formula is C19H19FN2O2S. The van der Waals surface area contributed by atoms with Gasteiger partial charge in [-0.1, -0.05) is 48.2 Å². The minimum atomic E-state index is -0.611. The van der Waals surface area contributed by atoms with E-state index >= 15 is 0 Å². The summed E-state index contributed by atoms with van der Waals surface area (Å²) in [4.78, 5) is 18.7. The maximum absolute atomic E-state index is 13.7. The SMILES string of the molecule is C[C@H](Oc1ccccc1)C(=O)N1CCN=C1SCc1ccccc1F. The lowest BCUT2D eigenvalue weighted by atomic mass is 10.2. The molecule has 1 heterocycles. The second-order valence-electron chi connectivity index (χ2n) is 5.61. The highest BCUT2D eigenvalue weighted by Gasteiger charge is 2.29. The fourth-order valence-corrected chi connectivity index (χ4v) is 3.52. The number of rotatable bonds is 5.